The van der Waals surface area contributed by atoms with Crippen LogP contribution in [-0.2, 0) is 48.2 Å². The van der Waals surface area contributed by atoms with E-state index >= 15 is 0 Å². The third-order valence-electron chi connectivity index (χ3n) is 0. The predicted molar refractivity (Wildman–Crippen MR) is 7.12 cm³/mol. The fraction of sp³-hybridized carbons (Fsp3) is 0. The minimum atomic E-state index is 0. The van der Waals surface area contributed by atoms with Crippen LogP contribution in [0.25, 0.3) is 0 Å². The molecule has 0 bridgehead atoms. The fourth-order valence-electron chi connectivity index (χ4n) is 0. The number of carbonyl (C=O) groups is 1. The molecule has 0 atom stereocenters. The van der Waals surface area contributed by atoms with Gasteiger partial charge < -0.3 is 4.79 Å². The van der Waals surface area contributed by atoms with Crippen LogP contribution in [0.4, 0.5) is 0 Å². The van der Waals surface area contributed by atoms with Crippen molar-refractivity contribution in [2.45, 2.75) is 0 Å². The van der Waals surface area contributed by atoms with Gasteiger partial charge in [-0.25, -0.2) is 0 Å². The Balaban J connectivity index is -0.00000000500. The second kappa shape index (κ2) is 32.6. The maximum atomic E-state index is 8.00. The molecule has 0 radical (unpaired) electrons. The summed E-state index contributed by atoms with van der Waals surface area (Å²) in [4.78, 5) is 8.00. The Kier molecular flexibility index (Phi) is 159. The summed E-state index contributed by atoms with van der Waals surface area (Å²) in [6.07, 6.45) is 0. The quantitative estimate of drug-likeness (QED) is 0.411. The van der Waals surface area contributed by atoms with E-state index in [-0.39, 0.29) is 43.4 Å². The summed E-state index contributed by atoms with van der Waals surface area (Å²) < 4.78 is 0. The van der Waals surface area contributed by atoms with Gasteiger partial charge in [0, 0.05) is 43.4 Å². The molecule has 0 saturated carbocycles. The van der Waals surface area contributed by atoms with Gasteiger partial charge in [0.2, 0.25) is 0 Å². The van der Waals surface area contributed by atoms with Crippen molar-refractivity contribution < 1.29 is 48.2 Å². The molecule has 0 rings (SSSR count). The zero-order valence-corrected chi connectivity index (χ0v) is 5.24. The topological polar surface area (TPSA) is 17.1 Å². The molecule has 1 nitrogen and oxygen atoms in total. The first-order valence-electron chi connectivity index (χ1n) is 0.289. The summed E-state index contributed by atoms with van der Waals surface area (Å²) in [5.74, 6) is 0. The Morgan fingerprint density at radius 2 is 1.00 bits per heavy atom. The zero-order valence-electron chi connectivity index (χ0n) is 2.12. The molecule has 0 aliphatic rings. The molecule has 20 valence electrons. The smallest absolute Gasteiger partial charge is 0.106 e. The van der Waals surface area contributed by atoms with Crippen LogP contribution in [0, 0.1) is 0 Å². The first kappa shape index (κ1) is 19.4. The van der Waals surface area contributed by atoms with Crippen LogP contribution in [0.15, 0.2) is 0 Å². The molecule has 0 spiro atoms. The first-order valence-corrected chi connectivity index (χ1v) is 0.289. The average molecular weight is 126 g/mol. The van der Waals surface area contributed by atoms with E-state index < -0.39 is 0 Å². The number of carbonyl (C=O) groups excluding carboxylic acids is 1. The summed E-state index contributed by atoms with van der Waals surface area (Å²) >= 11 is 0. The summed E-state index contributed by atoms with van der Waals surface area (Å²) in [5.41, 5.74) is 0. The summed E-state index contributed by atoms with van der Waals surface area (Å²) in [6, 6.07) is 0. The molecule has 0 aromatic heterocycles. The van der Waals surface area contributed by atoms with Gasteiger partial charge in [-0.1, -0.05) is 0 Å². The zero-order chi connectivity index (χ0) is 2.00. The molecular formula is CH2OTi2. The SMILES string of the molecule is C=O.[Ti].[Ti]. The van der Waals surface area contributed by atoms with Crippen molar-refractivity contribution in [2.24, 2.45) is 0 Å². The molecule has 0 unspecified atom stereocenters. The van der Waals surface area contributed by atoms with Crippen molar-refractivity contribution in [2.75, 3.05) is 0 Å². The molecule has 0 N–H and O–H groups in total. The molecule has 3 heteroatoms. The molecule has 0 aromatic carbocycles. The number of hydrogen-bond acceptors (Lipinski definition) is 1. The summed E-state index contributed by atoms with van der Waals surface area (Å²) in [5, 5.41) is 0. The summed E-state index contributed by atoms with van der Waals surface area (Å²) in [6.45, 7) is 2.00. The van der Waals surface area contributed by atoms with Crippen LogP contribution in [-0.4, -0.2) is 6.79 Å². The van der Waals surface area contributed by atoms with Crippen LogP contribution >= 0.6 is 0 Å². The van der Waals surface area contributed by atoms with Crippen molar-refractivity contribution in [1.29, 1.82) is 0 Å². The van der Waals surface area contributed by atoms with Gasteiger partial charge in [0.25, 0.3) is 0 Å². The molecule has 0 amide bonds. The van der Waals surface area contributed by atoms with Gasteiger partial charge in [0.1, 0.15) is 6.79 Å². The molecule has 0 aliphatic carbocycles. The van der Waals surface area contributed by atoms with E-state index in [0.717, 1.165) is 0 Å². The van der Waals surface area contributed by atoms with E-state index in [4.69, 9.17) is 4.79 Å². The molecular weight excluding hydrogens is 124 g/mol. The normalized spacial score (nSPS) is 1.00. The third-order valence-corrected chi connectivity index (χ3v) is 0. The van der Waals surface area contributed by atoms with Crippen molar-refractivity contribution >= 4 is 6.79 Å². The van der Waals surface area contributed by atoms with Crippen LogP contribution in [0.5, 0.6) is 0 Å². The van der Waals surface area contributed by atoms with E-state index in [1.807, 2.05) is 6.79 Å². The Hall–Kier alpha value is 1.10. The van der Waals surface area contributed by atoms with E-state index in [9.17, 15) is 0 Å². The van der Waals surface area contributed by atoms with Crippen LogP contribution in [0.1, 0.15) is 0 Å². The second-order valence-corrected chi connectivity index (χ2v) is 0. The molecule has 0 heterocycles. The average Bonchev–Trinajstić information content (AvgIpc) is 1.00. The van der Waals surface area contributed by atoms with E-state index in [1.54, 1.807) is 0 Å². The maximum Gasteiger partial charge on any atom is 0.106 e. The fourth-order valence-corrected chi connectivity index (χ4v) is 0. The van der Waals surface area contributed by atoms with Crippen molar-refractivity contribution in [3.8, 4) is 0 Å². The first-order chi connectivity index (χ1) is 1.00. The van der Waals surface area contributed by atoms with Gasteiger partial charge in [0.05, 0.1) is 0 Å². The minimum absolute atomic E-state index is 0. The number of hydrogen-bond donors (Lipinski definition) is 0. The standard InChI is InChI=1S/CH2O.2Ti/c1-2;;/h1H2;;. The molecule has 0 fully saturated rings. The van der Waals surface area contributed by atoms with Crippen LogP contribution in [0.2, 0.25) is 0 Å². The van der Waals surface area contributed by atoms with Crippen LogP contribution < -0.4 is 0 Å². The minimum Gasteiger partial charge on any atom is -0.307 e. The Bertz CT molecular complexity index is 6.00. The maximum absolute atomic E-state index is 8.00. The Morgan fingerprint density at radius 3 is 1.00 bits per heavy atom. The van der Waals surface area contributed by atoms with Gasteiger partial charge in [0.15, 0.2) is 0 Å². The molecule has 4 heavy (non-hydrogen) atoms. The number of rotatable bonds is 0. The Morgan fingerprint density at radius 1 is 1.00 bits per heavy atom. The van der Waals surface area contributed by atoms with Crippen molar-refractivity contribution in [3.63, 3.8) is 0 Å². The van der Waals surface area contributed by atoms with Gasteiger partial charge in [-0.05, 0) is 0 Å². The molecule has 0 aliphatic heterocycles. The Labute approximate surface area is 54.9 Å². The summed E-state index contributed by atoms with van der Waals surface area (Å²) in [7, 11) is 0. The second-order valence-electron chi connectivity index (χ2n) is 0. The van der Waals surface area contributed by atoms with E-state index in [2.05, 4.69) is 0 Å². The predicted octanol–water partition coefficient (Wildman–Crippen LogP) is -0.190. The molecule has 0 saturated heterocycles. The van der Waals surface area contributed by atoms with Gasteiger partial charge in [-0.3, -0.25) is 0 Å². The van der Waals surface area contributed by atoms with Crippen molar-refractivity contribution in [3.05, 3.63) is 0 Å². The van der Waals surface area contributed by atoms with E-state index in [0.29, 0.717) is 0 Å². The largest absolute Gasteiger partial charge is 0.307 e. The monoisotopic (exact) mass is 126 g/mol. The van der Waals surface area contributed by atoms with Gasteiger partial charge >= 0.3 is 0 Å². The van der Waals surface area contributed by atoms with Gasteiger partial charge in [-0.2, -0.15) is 0 Å². The van der Waals surface area contributed by atoms with E-state index in [1.165, 1.54) is 0 Å². The van der Waals surface area contributed by atoms with Crippen molar-refractivity contribution in [1.82, 2.24) is 0 Å². The van der Waals surface area contributed by atoms with Crippen LogP contribution in [0.3, 0.4) is 0 Å². The molecule has 0 aromatic rings. The van der Waals surface area contributed by atoms with Gasteiger partial charge in [-0.15, -0.1) is 0 Å². The third kappa shape index (κ3) is 11.3.